The maximum atomic E-state index is 12.8. The molecule has 0 aromatic carbocycles. The largest absolute Gasteiger partial charge is 0.484 e. The van der Waals surface area contributed by atoms with Crippen LogP contribution in [0.2, 0.25) is 0 Å². The van der Waals surface area contributed by atoms with Crippen LogP contribution in [0.3, 0.4) is 0 Å². The van der Waals surface area contributed by atoms with Gasteiger partial charge in [0.2, 0.25) is 5.79 Å². The third-order valence-electron chi connectivity index (χ3n) is 8.86. The molecule has 37 heavy (non-hydrogen) atoms. The van der Waals surface area contributed by atoms with Crippen LogP contribution in [0, 0.1) is 11.3 Å². The highest BCUT2D eigenvalue weighted by Crippen LogP contribution is 2.66. The Hall–Kier alpha value is -2.20. The molecule has 1 unspecified atom stereocenters. The summed E-state index contributed by atoms with van der Waals surface area (Å²) in [4.78, 5) is 26.5. The van der Waals surface area contributed by atoms with E-state index in [2.05, 4.69) is 28.8 Å². The number of hydrogen-bond acceptors (Lipinski definition) is 9. The zero-order chi connectivity index (χ0) is 26.2. The van der Waals surface area contributed by atoms with Crippen LogP contribution in [0.15, 0.2) is 35.1 Å². The SMILES string of the molecule is COCOC1(O)CC=C2C[C@@H]3[C@@H]4C=C[C@H](OC(=O)CCCCCCC(=O)OC)[C@@H]5OC1=C2[C@]45CCN3C. The Morgan fingerprint density at radius 3 is 2.62 bits per heavy atom. The highest BCUT2D eigenvalue weighted by molar-refractivity contribution is 5.70. The van der Waals surface area contributed by atoms with E-state index in [1.807, 2.05) is 6.08 Å². The molecule has 2 bridgehead atoms. The number of carbonyl (C=O) groups excluding carboxylic acids is 2. The van der Waals surface area contributed by atoms with E-state index in [4.69, 9.17) is 18.9 Å². The van der Waals surface area contributed by atoms with Crippen molar-refractivity contribution in [1.29, 1.82) is 0 Å². The molecule has 5 aliphatic rings. The van der Waals surface area contributed by atoms with Gasteiger partial charge in [-0.15, -0.1) is 0 Å². The van der Waals surface area contributed by atoms with Crippen molar-refractivity contribution in [2.24, 2.45) is 11.3 Å². The molecule has 5 rings (SSSR count). The zero-order valence-corrected chi connectivity index (χ0v) is 22.1. The van der Waals surface area contributed by atoms with Crippen molar-refractivity contribution in [2.75, 3.05) is 34.6 Å². The first-order valence-corrected chi connectivity index (χ1v) is 13.5. The predicted octanol–water partition coefficient (Wildman–Crippen LogP) is 2.98. The topological polar surface area (TPSA) is 104 Å². The molecule has 1 spiro atoms. The van der Waals surface area contributed by atoms with E-state index >= 15 is 0 Å². The van der Waals surface area contributed by atoms with E-state index in [1.165, 1.54) is 19.8 Å². The third-order valence-corrected chi connectivity index (χ3v) is 8.86. The number of hydrogen-bond donors (Lipinski definition) is 1. The van der Waals surface area contributed by atoms with Crippen LogP contribution in [0.5, 0.6) is 0 Å². The fourth-order valence-corrected chi connectivity index (χ4v) is 7.04. The van der Waals surface area contributed by atoms with Crippen molar-refractivity contribution < 1.29 is 38.4 Å². The number of nitrogens with zero attached hydrogens (tertiary/aromatic N) is 1. The number of rotatable bonds is 11. The van der Waals surface area contributed by atoms with Crippen LogP contribution < -0.4 is 0 Å². The van der Waals surface area contributed by atoms with Gasteiger partial charge in [-0.3, -0.25) is 9.59 Å². The Bertz CT molecular complexity index is 1000. The molecule has 0 aromatic rings. The van der Waals surface area contributed by atoms with Crippen LogP contribution >= 0.6 is 0 Å². The molecule has 0 aromatic heterocycles. The van der Waals surface area contributed by atoms with Gasteiger partial charge in [-0.2, -0.15) is 0 Å². The summed E-state index contributed by atoms with van der Waals surface area (Å²) in [5.41, 5.74) is 1.89. The Morgan fingerprint density at radius 1 is 1.14 bits per heavy atom. The Morgan fingerprint density at radius 2 is 1.89 bits per heavy atom. The van der Waals surface area contributed by atoms with Gasteiger partial charge in [-0.05, 0) is 50.9 Å². The van der Waals surface area contributed by atoms with Crippen molar-refractivity contribution in [3.05, 3.63) is 35.1 Å². The average molecular weight is 518 g/mol. The van der Waals surface area contributed by atoms with Gasteiger partial charge in [0, 0.05) is 49.3 Å². The molecule has 1 saturated heterocycles. The number of carbonyl (C=O) groups is 2. The molecule has 6 atom stereocenters. The second-order valence-corrected chi connectivity index (χ2v) is 10.9. The van der Waals surface area contributed by atoms with Gasteiger partial charge in [0.1, 0.15) is 12.9 Å². The molecule has 1 saturated carbocycles. The number of aliphatic hydroxyl groups is 1. The summed E-state index contributed by atoms with van der Waals surface area (Å²) in [6, 6.07) is 0.332. The summed E-state index contributed by atoms with van der Waals surface area (Å²) in [5.74, 6) is -1.38. The number of methoxy groups -OCH3 is 2. The molecule has 2 heterocycles. The number of ether oxygens (including phenoxy) is 5. The van der Waals surface area contributed by atoms with Crippen molar-refractivity contribution in [1.82, 2.24) is 4.90 Å². The zero-order valence-electron chi connectivity index (χ0n) is 22.1. The average Bonchev–Trinajstić information content (AvgIpc) is 3.25. The smallest absolute Gasteiger partial charge is 0.306 e. The molecule has 2 aliphatic heterocycles. The fourth-order valence-electron chi connectivity index (χ4n) is 7.04. The summed E-state index contributed by atoms with van der Waals surface area (Å²) < 4.78 is 28.1. The molecule has 9 nitrogen and oxygen atoms in total. The molecule has 3 aliphatic carbocycles. The van der Waals surface area contributed by atoms with E-state index in [-0.39, 0.29) is 30.1 Å². The molecular weight excluding hydrogens is 478 g/mol. The van der Waals surface area contributed by atoms with E-state index in [0.717, 1.165) is 44.2 Å². The van der Waals surface area contributed by atoms with Crippen molar-refractivity contribution in [3.63, 3.8) is 0 Å². The van der Waals surface area contributed by atoms with E-state index in [1.54, 1.807) is 0 Å². The van der Waals surface area contributed by atoms with Crippen LogP contribution in [0.1, 0.15) is 57.8 Å². The summed E-state index contributed by atoms with van der Waals surface area (Å²) >= 11 is 0. The second kappa shape index (κ2) is 10.5. The Labute approximate surface area is 218 Å². The Kier molecular flexibility index (Phi) is 7.51. The summed E-state index contributed by atoms with van der Waals surface area (Å²) in [7, 11) is 5.09. The maximum Gasteiger partial charge on any atom is 0.306 e. The van der Waals surface area contributed by atoms with Crippen molar-refractivity contribution in [2.45, 2.75) is 81.8 Å². The first kappa shape index (κ1) is 26.4. The Balaban J connectivity index is 1.31. The molecule has 2 fully saturated rings. The monoisotopic (exact) mass is 517 g/mol. The fraction of sp³-hybridized carbons (Fsp3) is 0.714. The van der Waals surface area contributed by atoms with Gasteiger partial charge < -0.3 is 33.7 Å². The summed E-state index contributed by atoms with van der Waals surface area (Å²) in [6.07, 6.45) is 11.3. The first-order chi connectivity index (χ1) is 17.8. The highest BCUT2D eigenvalue weighted by atomic mass is 16.7. The number of esters is 2. The molecule has 9 heteroatoms. The normalized spacial score (nSPS) is 35.5. The number of unbranched alkanes of at least 4 members (excludes halogenated alkanes) is 3. The van der Waals surface area contributed by atoms with E-state index < -0.39 is 18.0 Å². The summed E-state index contributed by atoms with van der Waals surface area (Å²) in [5, 5.41) is 11.5. The van der Waals surface area contributed by atoms with Gasteiger partial charge in [0.25, 0.3) is 0 Å². The van der Waals surface area contributed by atoms with Gasteiger partial charge in [-0.1, -0.05) is 25.0 Å². The van der Waals surface area contributed by atoms with Gasteiger partial charge in [-0.25, -0.2) is 0 Å². The van der Waals surface area contributed by atoms with Gasteiger partial charge >= 0.3 is 11.9 Å². The maximum absolute atomic E-state index is 12.8. The van der Waals surface area contributed by atoms with E-state index in [0.29, 0.717) is 37.5 Å². The molecule has 0 radical (unpaired) electrons. The van der Waals surface area contributed by atoms with Gasteiger partial charge in [0.15, 0.2) is 11.9 Å². The lowest BCUT2D eigenvalue weighted by molar-refractivity contribution is -0.241. The minimum absolute atomic E-state index is 0.0530. The second-order valence-electron chi connectivity index (χ2n) is 10.9. The molecular formula is C28H39NO8. The predicted molar refractivity (Wildman–Crippen MR) is 133 cm³/mol. The first-order valence-electron chi connectivity index (χ1n) is 13.5. The number of piperidine rings is 1. The molecule has 204 valence electrons. The van der Waals surface area contributed by atoms with E-state index in [9.17, 15) is 14.7 Å². The summed E-state index contributed by atoms with van der Waals surface area (Å²) in [6.45, 7) is 0.852. The third kappa shape index (κ3) is 4.54. The van der Waals surface area contributed by atoms with Crippen LogP contribution in [0.4, 0.5) is 0 Å². The van der Waals surface area contributed by atoms with Crippen molar-refractivity contribution in [3.8, 4) is 0 Å². The number of likely N-dealkylation sites (tertiary alicyclic amines) is 1. The lowest BCUT2D eigenvalue weighted by atomic mass is 9.51. The minimum atomic E-state index is -1.60. The highest BCUT2D eigenvalue weighted by Gasteiger charge is 2.68. The van der Waals surface area contributed by atoms with Gasteiger partial charge in [0.05, 0.1) is 7.11 Å². The lowest BCUT2D eigenvalue weighted by Crippen LogP contribution is -2.62. The molecule has 1 N–H and O–H groups in total. The lowest BCUT2D eigenvalue weighted by Gasteiger charge is -2.58. The molecule has 0 amide bonds. The van der Waals surface area contributed by atoms with Crippen molar-refractivity contribution >= 4 is 11.9 Å². The standard InChI is InChI=1S/C28H39NO8/c1-29-15-14-27-19-10-11-21(36-23(31)9-7-5-4-6-8-22(30)34-3)25(27)37-26-24(27)18(16-20(19)29)12-13-28(26,32)35-17-33-2/h10-12,19-21,25,32H,4-9,13-17H2,1-3H3/t19-,20+,21-,25-,27-,28?/m0/s1. The van der Waals surface area contributed by atoms with Crippen LogP contribution in [-0.2, 0) is 33.3 Å². The quantitative estimate of drug-likeness (QED) is 0.192. The van der Waals surface area contributed by atoms with Crippen LogP contribution in [-0.4, -0.2) is 80.6 Å². The van der Waals surface area contributed by atoms with Crippen LogP contribution in [0.25, 0.3) is 0 Å². The minimum Gasteiger partial charge on any atom is -0.484 e.